The van der Waals surface area contributed by atoms with Crippen molar-refractivity contribution in [2.75, 3.05) is 43.4 Å². The number of anilines is 1. The van der Waals surface area contributed by atoms with Gasteiger partial charge in [-0.05, 0) is 68.0 Å². The predicted octanol–water partition coefficient (Wildman–Crippen LogP) is 4.59. The molecule has 1 aromatic carbocycles. The molecule has 4 aromatic rings. The summed E-state index contributed by atoms with van der Waals surface area (Å²) in [6.45, 7) is 3.09. The number of aromatic nitrogens is 3. The summed E-state index contributed by atoms with van der Waals surface area (Å²) in [6, 6.07) is 10.0. The molecule has 2 aliphatic heterocycles. The standard InChI is InChI=1S/C28H32FN5O3S/c29-22-3-5-23(6-4-22)37-18-21-2-1-13-34(17-21)38(35,36)19-20-9-14-33(15-10-20)26-8-12-30-25-16-32-28-24(27(25)26)7-11-31-28/h3-8,11-12,16,20-21H,1-2,9-10,13-15,17-19H2,(H,31,32). The van der Waals surface area contributed by atoms with Crippen LogP contribution in [0.25, 0.3) is 21.9 Å². The number of sulfonamides is 1. The zero-order chi connectivity index (χ0) is 26.1. The minimum absolute atomic E-state index is 0.130. The molecule has 8 nitrogen and oxygen atoms in total. The highest BCUT2D eigenvalue weighted by atomic mass is 32.2. The molecule has 1 unspecified atom stereocenters. The molecule has 0 amide bonds. The average Bonchev–Trinajstić information content (AvgIpc) is 3.42. The fourth-order valence-corrected chi connectivity index (χ4v) is 7.79. The number of rotatable bonds is 7. The number of nitrogens with zero attached hydrogens (tertiary/aromatic N) is 4. The van der Waals surface area contributed by atoms with Crippen LogP contribution in [0.5, 0.6) is 5.75 Å². The molecule has 3 aromatic heterocycles. The van der Waals surface area contributed by atoms with E-state index >= 15 is 0 Å². The fourth-order valence-electron chi connectivity index (χ4n) is 5.80. The minimum atomic E-state index is -3.36. The van der Waals surface area contributed by atoms with E-state index in [2.05, 4.69) is 19.9 Å². The predicted molar refractivity (Wildman–Crippen MR) is 146 cm³/mol. The van der Waals surface area contributed by atoms with Gasteiger partial charge in [0.15, 0.2) is 0 Å². The van der Waals surface area contributed by atoms with Gasteiger partial charge in [0.1, 0.15) is 17.2 Å². The lowest BCUT2D eigenvalue weighted by atomic mass is 9.98. The van der Waals surface area contributed by atoms with Gasteiger partial charge in [-0.3, -0.25) is 4.98 Å². The molecule has 1 N–H and O–H groups in total. The molecule has 0 bridgehead atoms. The van der Waals surface area contributed by atoms with Crippen molar-refractivity contribution in [3.05, 3.63) is 60.8 Å². The Labute approximate surface area is 221 Å². The Morgan fingerprint density at radius 1 is 1.00 bits per heavy atom. The van der Waals surface area contributed by atoms with Gasteiger partial charge in [-0.1, -0.05) is 0 Å². The van der Waals surface area contributed by atoms with Crippen LogP contribution in [-0.2, 0) is 10.0 Å². The van der Waals surface area contributed by atoms with E-state index in [-0.39, 0.29) is 23.4 Å². The van der Waals surface area contributed by atoms with Crippen LogP contribution in [0.3, 0.4) is 0 Å². The Morgan fingerprint density at radius 2 is 1.82 bits per heavy atom. The summed E-state index contributed by atoms with van der Waals surface area (Å²) in [7, 11) is -3.36. The van der Waals surface area contributed by atoms with E-state index < -0.39 is 10.0 Å². The number of hydrogen-bond acceptors (Lipinski definition) is 6. The largest absolute Gasteiger partial charge is 0.493 e. The molecule has 2 aliphatic rings. The number of benzene rings is 1. The molecule has 0 aliphatic carbocycles. The zero-order valence-electron chi connectivity index (χ0n) is 21.2. The van der Waals surface area contributed by atoms with Crippen molar-refractivity contribution in [3.8, 4) is 5.75 Å². The first-order chi connectivity index (χ1) is 18.5. The van der Waals surface area contributed by atoms with Crippen molar-refractivity contribution < 1.29 is 17.5 Å². The van der Waals surface area contributed by atoms with Gasteiger partial charge in [0.25, 0.3) is 0 Å². The number of piperidine rings is 2. The van der Waals surface area contributed by atoms with Crippen molar-refractivity contribution in [1.82, 2.24) is 19.3 Å². The van der Waals surface area contributed by atoms with Crippen molar-refractivity contribution in [3.63, 3.8) is 0 Å². The first kappa shape index (κ1) is 25.1. The van der Waals surface area contributed by atoms with Crippen molar-refractivity contribution in [2.45, 2.75) is 25.7 Å². The zero-order valence-corrected chi connectivity index (χ0v) is 22.0. The SMILES string of the molecule is O=S(=O)(CC1CCN(c2ccnc3cnc4[nH]ccc4c23)CC1)N1CCCC(COc2ccc(F)cc2)C1. The molecule has 1 atom stereocenters. The molecular formula is C28H32FN5O3S. The highest BCUT2D eigenvalue weighted by Crippen LogP contribution is 2.34. The van der Waals surface area contributed by atoms with Crippen LogP contribution in [0.1, 0.15) is 25.7 Å². The lowest BCUT2D eigenvalue weighted by Gasteiger charge is -2.36. The third-order valence-corrected chi connectivity index (χ3v) is 9.86. The Morgan fingerprint density at radius 3 is 2.63 bits per heavy atom. The van der Waals surface area contributed by atoms with E-state index in [1.807, 2.05) is 24.5 Å². The van der Waals surface area contributed by atoms with Gasteiger partial charge < -0.3 is 14.6 Å². The third-order valence-electron chi connectivity index (χ3n) is 7.84. The van der Waals surface area contributed by atoms with E-state index in [0.717, 1.165) is 66.4 Å². The average molecular weight is 538 g/mol. The maximum absolute atomic E-state index is 13.4. The van der Waals surface area contributed by atoms with E-state index in [0.29, 0.717) is 25.4 Å². The molecule has 2 fully saturated rings. The number of pyridine rings is 2. The van der Waals surface area contributed by atoms with Gasteiger partial charge >= 0.3 is 0 Å². The quantitative estimate of drug-likeness (QED) is 0.371. The lowest BCUT2D eigenvalue weighted by molar-refractivity contribution is 0.179. The molecular weight excluding hydrogens is 505 g/mol. The van der Waals surface area contributed by atoms with Crippen LogP contribution in [0.15, 0.2) is 55.0 Å². The summed E-state index contributed by atoms with van der Waals surface area (Å²) >= 11 is 0. The minimum Gasteiger partial charge on any atom is -0.493 e. The second-order valence-electron chi connectivity index (χ2n) is 10.4. The summed E-state index contributed by atoms with van der Waals surface area (Å²) in [5.74, 6) is 0.755. The molecule has 5 heterocycles. The lowest BCUT2D eigenvalue weighted by Crippen LogP contribution is -2.45. The molecule has 10 heteroatoms. The molecule has 0 radical (unpaired) electrons. The van der Waals surface area contributed by atoms with E-state index in [4.69, 9.17) is 4.74 Å². The van der Waals surface area contributed by atoms with Crippen LogP contribution in [-0.4, -0.2) is 66.2 Å². The summed E-state index contributed by atoms with van der Waals surface area (Å²) in [5, 5.41) is 2.14. The first-order valence-corrected chi connectivity index (χ1v) is 14.9. The summed E-state index contributed by atoms with van der Waals surface area (Å²) in [5.41, 5.74) is 2.83. The Balaban J connectivity index is 1.07. The number of H-pyrrole nitrogens is 1. The summed E-state index contributed by atoms with van der Waals surface area (Å²) < 4.78 is 47.3. The van der Waals surface area contributed by atoms with Gasteiger partial charge in [-0.15, -0.1) is 0 Å². The number of hydrogen-bond donors (Lipinski definition) is 1. The number of nitrogens with one attached hydrogen (secondary N) is 1. The Bertz CT molecular complexity index is 1520. The highest BCUT2D eigenvalue weighted by Gasteiger charge is 2.33. The molecule has 0 saturated carbocycles. The highest BCUT2D eigenvalue weighted by molar-refractivity contribution is 7.89. The van der Waals surface area contributed by atoms with Crippen LogP contribution >= 0.6 is 0 Å². The molecule has 38 heavy (non-hydrogen) atoms. The molecule has 6 rings (SSSR count). The maximum Gasteiger partial charge on any atom is 0.214 e. The Kier molecular flexibility index (Phi) is 6.92. The number of halogens is 1. The number of fused-ring (bicyclic) bond motifs is 3. The first-order valence-electron chi connectivity index (χ1n) is 13.3. The van der Waals surface area contributed by atoms with Crippen LogP contribution in [0.2, 0.25) is 0 Å². The van der Waals surface area contributed by atoms with Gasteiger partial charge in [0.2, 0.25) is 10.0 Å². The van der Waals surface area contributed by atoms with E-state index in [9.17, 15) is 12.8 Å². The number of ether oxygens (including phenoxy) is 1. The topological polar surface area (TPSA) is 91.4 Å². The summed E-state index contributed by atoms with van der Waals surface area (Å²) in [4.78, 5) is 14.5. The second-order valence-corrected chi connectivity index (χ2v) is 12.4. The van der Waals surface area contributed by atoms with Crippen LogP contribution in [0.4, 0.5) is 10.1 Å². The summed E-state index contributed by atoms with van der Waals surface area (Å²) in [6.07, 6.45) is 8.92. The molecule has 200 valence electrons. The van der Waals surface area contributed by atoms with Crippen molar-refractivity contribution >= 4 is 37.6 Å². The van der Waals surface area contributed by atoms with Crippen LogP contribution < -0.4 is 9.64 Å². The Hall–Kier alpha value is -3.24. The van der Waals surface area contributed by atoms with Gasteiger partial charge in [0, 0.05) is 61.0 Å². The third kappa shape index (κ3) is 5.19. The van der Waals surface area contributed by atoms with E-state index in [1.165, 1.54) is 12.1 Å². The fraction of sp³-hybridized carbons (Fsp3) is 0.429. The maximum atomic E-state index is 13.4. The number of aromatic amines is 1. The van der Waals surface area contributed by atoms with Gasteiger partial charge in [-0.25, -0.2) is 22.1 Å². The monoisotopic (exact) mass is 537 g/mol. The second kappa shape index (κ2) is 10.5. The molecule has 0 spiro atoms. The van der Waals surface area contributed by atoms with Crippen molar-refractivity contribution in [1.29, 1.82) is 0 Å². The van der Waals surface area contributed by atoms with E-state index in [1.54, 1.807) is 22.6 Å². The molecule has 2 saturated heterocycles. The normalized spacial score (nSPS) is 19.8. The van der Waals surface area contributed by atoms with Crippen molar-refractivity contribution in [2.24, 2.45) is 11.8 Å². The van der Waals surface area contributed by atoms with Gasteiger partial charge in [-0.2, -0.15) is 0 Å². The van der Waals surface area contributed by atoms with Gasteiger partial charge in [0.05, 0.1) is 24.1 Å². The van der Waals surface area contributed by atoms with Crippen LogP contribution in [0, 0.1) is 17.7 Å². The smallest absolute Gasteiger partial charge is 0.214 e.